The van der Waals surface area contributed by atoms with Crippen LogP contribution in [0.5, 0.6) is 5.75 Å². The summed E-state index contributed by atoms with van der Waals surface area (Å²) < 4.78 is 0. The number of imide groups is 1. The number of carbonyl (C=O) groups excluding carboxylic acids is 2. The van der Waals surface area contributed by atoms with Crippen molar-refractivity contribution in [2.24, 2.45) is 17.8 Å². The number of aliphatic hydroxyl groups excluding tert-OH is 2. The van der Waals surface area contributed by atoms with Gasteiger partial charge in [0, 0.05) is 17.3 Å². The van der Waals surface area contributed by atoms with E-state index in [4.69, 9.17) is 0 Å². The Morgan fingerprint density at radius 3 is 2.21 bits per heavy atom. The van der Waals surface area contributed by atoms with Crippen LogP contribution in [0.1, 0.15) is 75.5 Å². The summed E-state index contributed by atoms with van der Waals surface area (Å²) in [5, 5.41) is 36.0. The molecule has 1 fully saturated rings. The average Bonchev–Trinajstić information content (AvgIpc) is 3.31. The Hall–Kier alpha value is -4.20. The lowest BCUT2D eigenvalue weighted by Crippen LogP contribution is -2.39. The van der Waals surface area contributed by atoms with Gasteiger partial charge in [-0.3, -0.25) is 14.5 Å². The molecule has 1 heterocycles. The third-order valence-corrected chi connectivity index (χ3v) is 9.67. The Morgan fingerprint density at radius 2 is 1.60 bits per heavy atom. The number of hydrogen-bond donors (Lipinski definition) is 4. The van der Waals surface area contributed by atoms with Crippen LogP contribution in [0.15, 0.2) is 83.4 Å². The number of hydrogen-bond acceptors (Lipinski definition) is 6. The lowest BCUT2D eigenvalue weighted by Gasteiger charge is -2.36. The fourth-order valence-corrected chi connectivity index (χ4v) is 7.51. The summed E-state index contributed by atoms with van der Waals surface area (Å²) in [6, 6.07) is 21.0. The Balaban J connectivity index is 1.36. The fourth-order valence-electron chi connectivity index (χ4n) is 7.51. The topological polar surface area (TPSA) is 110 Å². The molecule has 0 bridgehead atoms. The van der Waals surface area contributed by atoms with Gasteiger partial charge >= 0.3 is 0 Å². The zero-order valence-electron chi connectivity index (χ0n) is 28.0. The van der Waals surface area contributed by atoms with Gasteiger partial charge in [-0.25, -0.2) is 0 Å². The van der Waals surface area contributed by atoms with Gasteiger partial charge in [-0.1, -0.05) is 62.1 Å². The minimum Gasteiger partial charge on any atom is -0.507 e. The summed E-state index contributed by atoms with van der Waals surface area (Å²) in [7, 11) is 0. The summed E-state index contributed by atoms with van der Waals surface area (Å²) in [5.74, 6) is -2.13. The van der Waals surface area contributed by atoms with Crippen molar-refractivity contribution in [3.8, 4) is 5.75 Å². The largest absolute Gasteiger partial charge is 0.507 e. The molecule has 0 aromatic heterocycles. The van der Waals surface area contributed by atoms with Crippen molar-refractivity contribution < 1.29 is 24.9 Å². The number of aliphatic hydroxyl groups is 2. The van der Waals surface area contributed by atoms with E-state index in [0.29, 0.717) is 37.1 Å². The normalized spacial score (nSPS) is 20.5. The third-order valence-electron chi connectivity index (χ3n) is 9.67. The van der Waals surface area contributed by atoms with Crippen molar-refractivity contribution in [3.05, 3.63) is 100 Å². The van der Waals surface area contributed by atoms with Crippen LogP contribution in [0.4, 0.5) is 17.1 Å². The molecule has 0 unspecified atom stereocenters. The number of allylic oxidation sites excluding steroid dienone is 2. The number of phenolic OH excluding ortho intramolecular Hbond substituents is 1. The van der Waals surface area contributed by atoms with Crippen LogP contribution in [0.25, 0.3) is 6.08 Å². The third kappa shape index (κ3) is 7.37. The first-order valence-electron chi connectivity index (χ1n) is 17.0. The van der Waals surface area contributed by atoms with E-state index in [0.717, 1.165) is 58.5 Å². The molecular weight excluding hydrogens is 588 g/mol. The van der Waals surface area contributed by atoms with E-state index in [1.165, 1.54) is 10.5 Å². The van der Waals surface area contributed by atoms with Gasteiger partial charge in [0.1, 0.15) is 5.75 Å². The molecule has 0 saturated carbocycles. The van der Waals surface area contributed by atoms with Crippen molar-refractivity contribution in [1.82, 2.24) is 0 Å². The Bertz CT molecular complexity index is 1620. The fraction of sp³-hybridized carbons (Fsp3) is 0.400. The Labute approximate surface area is 278 Å². The number of aromatic hydroxyl groups is 1. The van der Waals surface area contributed by atoms with Crippen LogP contribution in [0.2, 0.25) is 0 Å². The lowest BCUT2D eigenvalue weighted by atomic mass is 9.67. The van der Waals surface area contributed by atoms with E-state index in [1.807, 2.05) is 68.4 Å². The van der Waals surface area contributed by atoms with Crippen LogP contribution in [-0.2, 0) is 9.59 Å². The zero-order chi connectivity index (χ0) is 33.7. The molecule has 7 nitrogen and oxygen atoms in total. The highest BCUT2D eigenvalue weighted by molar-refractivity contribution is 6.22. The van der Waals surface area contributed by atoms with Gasteiger partial charge in [0.25, 0.3) is 0 Å². The molecule has 2 aliphatic rings. The second kappa shape index (κ2) is 15.1. The smallest absolute Gasteiger partial charge is 0.238 e. The van der Waals surface area contributed by atoms with Crippen LogP contribution >= 0.6 is 0 Å². The molecule has 1 aliphatic heterocycles. The van der Waals surface area contributed by atoms with E-state index >= 15 is 0 Å². The zero-order valence-corrected chi connectivity index (χ0v) is 28.0. The summed E-state index contributed by atoms with van der Waals surface area (Å²) >= 11 is 0. The highest BCUT2D eigenvalue weighted by atomic mass is 16.3. The number of nitrogens with one attached hydrogen (secondary N) is 1. The first-order valence-corrected chi connectivity index (χ1v) is 17.0. The molecule has 248 valence electrons. The lowest BCUT2D eigenvalue weighted by molar-refractivity contribution is -0.123. The number of para-hydroxylation sites is 1. The van der Waals surface area contributed by atoms with Crippen molar-refractivity contribution in [2.75, 3.05) is 16.8 Å². The Morgan fingerprint density at radius 1 is 0.936 bits per heavy atom. The molecule has 0 spiro atoms. The van der Waals surface area contributed by atoms with Gasteiger partial charge < -0.3 is 20.6 Å². The predicted molar refractivity (Wildman–Crippen MR) is 188 cm³/mol. The molecule has 0 radical (unpaired) electrons. The Kier molecular flexibility index (Phi) is 11.0. The number of aryl methyl sites for hydroxylation is 2. The van der Waals surface area contributed by atoms with Crippen molar-refractivity contribution in [2.45, 2.75) is 78.7 Å². The molecule has 3 aromatic rings. The second-order valence-corrected chi connectivity index (χ2v) is 13.1. The van der Waals surface area contributed by atoms with Crippen molar-refractivity contribution in [3.63, 3.8) is 0 Å². The van der Waals surface area contributed by atoms with Gasteiger partial charge in [-0.05, 0) is 117 Å². The minimum atomic E-state index is -0.835. The summed E-state index contributed by atoms with van der Waals surface area (Å²) in [4.78, 5) is 29.1. The van der Waals surface area contributed by atoms with Gasteiger partial charge in [0.2, 0.25) is 11.8 Å². The molecule has 2 amide bonds. The van der Waals surface area contributed by atoms with E-state index < -0.39 is 23.9 Å². The first kappa shape index (κ1) is 34.1. The summed E-state index contributed by atoms with van der Waals surface area (Å²) in [6.07, 6.45) is 6.22. The highest BCUT2D eigenvalue weighted by Crippen LogP contribution is 2.48. The van der Waals surface area contributed by atoms with Gasteiger partial charge in [-0.2, -0.15) is 0 Å². The maximum absolute atomic E-state index is 14.0. The van der Waals surface area contributed by atoms with Crippen LogP contribution in [0.3, 0.4) is 0 Å². The molecule has 47 heavy (non-hydrogen) atoms. The van der Waals surface area contributed by atoms with Crippen molar-refractivity contribution in [1.29, 1.82) is 0 Å². The quantitative estimate of drug-likeness (QED) is 0.112. The average molecular weight is 637 g/mol. The number of benzene rings is 3. The maximum Gasteiger partial charge on any atom is 0.238 e. The summed E-state index contributed by atoms with van der Waals surface area (Å²) in [5.41, 5.74) is 7.91. The van der Waals surface area contributed by atoms with Gasteiger partial charge in [0.05, 0.1) is 30.2 Å². The van der Waals surface area contributed by atoms with Gasteiger partial charge in [0.15, 0.2) is 0 Å². The number of rotatable bonds is 13. The van der Waals surface area contributed by atoms with E-state index in [9.17, 15) is 24.9 Å². The van der Waals surface area contributed by atoms with E-state index in [2.05, 4.69) is 25.2 Å². The molecule has 3 aromatic carbocycles. The molecule has 4 N–H and O–H groups in total. The molecule has 1 saturated heterocycles. The maximum atomic E-state index is 14.0. The second-order valence-electron chi connectivity index (χ2n) is 13.1. The van der Waals surface area contributed by atoms with Crippen LogP contribution in [0, 0.1) is 31.6 Å². The number of nitrogens with zero attached hydrogens (tertiary/aromatic N) is 1. The highest BCUT2D eigenvalue weighted by Gasteiger charge is 2.55. The predicted octanol–water partition coefficient (Wildman–Crippen LogP) is 7.99. The molecule has 1 aliphatic carbocycles. The van der Waals surface area contributed by atoms with Crippen molar-refractivity contribution >= 4 is 35.0 Å². The van der Waals surface area contributed by atoms with Gasteiger partial charge in [-0.15, -0.1) is 0 Å². The number of fused-ring (bicyclic) bond motifs is 1. The standard InChI is InChI=1S/C40H48N2O5/c1-5-10-27(22-28-20-25(3)38(45)26(4)21-28)14-19-35(44)36-29(11-6-2)23-33-37(34(36)24-43)40(47)42(39(33)46)32-17-15-31(16-18-32)41-30-12-8-7-9-13-30/h7-9,12-13,15-18,20-22,33-35,37,41,43-45H,5-6,10-11,14,19,23-24H2,1-4H3/b27-22+/t33-,34+,35-,37-/m1/s1. The van der Waals surface area contributed by atoms with Crippen LogP contribution in [-0.4, -0.2) is 39.8 Å². The van der Waals surface area contributed by atoms with E-state index in [-0.39, 0.29) is 18.4 Å². The minimum absolute atomic E-state index is 0.239. The SMILES string of the molecule is CCCC1=C([C@H](O)CC/C(=C/c2cc(C)c(O)c(C)c2)CCC)[C@H](CO)[C@@H]2C(=O)N(c3ccc(Nc4ccccc4)cc3)C(=O)[C@@H]2C1. The number of anilines is 3. The van der Waals surface area contributed by atoms with E-state index in [1.54, 1.807) is 12.1 Å². The monoisotopic (exact) mass is 636 g/mol. The molecule has 7 heteroatoms. The number of phenols is 1. The van der Waals surface area contributed by atoms with Crippen LogP contribution < -0.4 is 10.2 Å². The molecule has 4 atom stereocenters. The molecular formula is C40H48N2O5. The first-order chi connectivity index (χ1) is 22.7. The number of carbonyl (C=O) groups is 2. The molecule has 5 rings (SSSR count). The number of amides is 2. The summed E-state index contributed by atoms with van der Waals surface area (Å²) in [6.45, 7) is 7.68.